The van der Waals surface area contributed by atoms with E-state index in [1.54, 1.807) is 0 Å². The first-order valence-electron chi connectivity index (χ1n) is 13.8. The Hall–Kier alpha value is -3.00. The predicted molar refractivity (Wildman–Crippen MR) is 167 cm³/mol. The monoisotopic (exact) mass is 523 g/mol. The largest absolute Gasteiger partial charge is 0.304 e. The Morgan fingerprint density at radius 2 is 1.87 bits per heavy atom. The summed E-state index contributed by atoms with van der Waals surface area (Å²) in [5.74, 6) is 0. The molecule has 3 aromatic rings. The number of aryl methyl sites for hydroxylation is 1. The molecular weight excluding hydrogens is 481 g/mol. The molecule has 0 fully saturated rings. The van der Waals surface area contributed by atoms with Crippen molar-refractivity contribution >= 4 is 20.6 Å². The first kappa shape index (κ1) is 28.0. The summed E-state index contributed by atoms with van der Waals surface area (Å²) in [7, 11) is 2.76. The lowest BCUT2D eigenvalue weighted by atomic mass is 9.85. The van der Waals surface area contributed by atoms with Gasteiger partial charge in [-0.2, -0.15) is 5.10 Å². The van der Waals surface area contributed by atoms with E-state index in [1.807, 2.05) is 6.08 Å². The fourth-order valence-electron chi connectivity index (χ4n) is 5.28. The summed E-state index contributed by atoms with van der Waals surface area (Å²) in [5.41, 5.74) is 7.68. The Kier molecular flexibility index (Phi) is 9.72. The highest BCUT2D eigenvalue weighted by atomic mass is 31.0. The summed E-state index contributed by atoms with van der Waals surface area (Å²) < 4.78 is 2.10. The van der Waals surface area contributed by atoms with Gasteiger partial charge in [-0.3, -0.25) is 0 Å². The van der Waals surface area contributed by atoms with Crippen LogP contribution in [0.3, 0.4) is 0 Å². The van der Waals surface area contributed by atoms with Gasteiger partial charge in [0.25, 0.3) is 0 Å². The Balaban J connectivity index is 1.63. The number of allylic oxidation sites excluding steroid dienone is 4. The average molecular weight is 524 g/mol. The maximum Gasteiger partial charge on any atom is 0.0700 e. The summed E-state index contributed by atoms with van der Waals surface area (Å²) >= 11 is 0. The molecule has 0 saturated heterocycles. The van der Waals surface area contributed by atoms with Crippen molar-refractivity contribution < 1.29 is 0 Å². The van der Waals surface area contributed by atoms with Crippen molar-refractivity contribution in [2.45, 2.75) is 70.9 Å². The highest BCUT2D eigenvalue weighted by Crippen LogP contribution is 2.30. The fraction of sp³-hybridized carbons (Fsp3) is 0.324. The molecule has 4 rings (SSSR count). The lowest BCUT2D eigenvalue weighted by molar-refractivity contribution is 0.284. The van der Waals surface area contributed by atoms with Crippen molar-refractivity contribution in [1.29, 1.82) is 0 Å². The van der Waals surface area contributed by atoms with Gasteiger partial charge in [0.05, 0.1) is 17.6 Å². The van der Waals surface area contributed by atoms with Crippen LogP contribution in [0.25, 0.3) is 11.8 Å². The van der Waals surface area contributed by atoms with Crippen LogP contribution in [-0.2, 0) is 12.8 Å². The molecule has 3 nitrogen and oxygen atoms in total. The zero-order chi connectivity index (χ0) is 27.0. The standard InChI is InChI=1S/C34H42N3P/c1-5-7-14-28(11-6-2)32(24-27-12-9-8-10-13-27)36-34(4)21-19-26(3)23-33-29(20-22-34)25-35-37(33)30-15-17-31(38)18-16-30/h5,7-18,23,25,32,36H,1,6,19-22,24,38H2,2-4H3/b14-7-,26-23+,28-11+. The van der Waals surface area contributed by atoms with Gasteiger partial charge in [0.2, 0.25) is 0 Å². The third kappa shape index (κ3) is 7.31. The van der Waals surface area contributed by atoms with Gasteiger partial charge >= 0.3 is 0 Å². The molecule has 0 spiro atoms. The average Bonchev–Trinajstić information content (AvgIpc) is 3.33. The van der Waals surface area contributed by atoms with Gasteiger partial charge in [-0.15, -0.1) is 9.24 Å². The smallest absolute Gasteiger partial charge is 0.0700 e. The molecular formula is C34H42N3P. The molecule has 1 aliphatic rings. The van der Waals surface area contributed by atoms with Crippen molar-refractivity contribution in [3.05, 3.63) is 120 Å². The number of hydrogen-bond acceptors (Lipinski definition) is 2. The summed E-state index contributed by atoms with van der Waals surface area (Å²) in [4.78, 5) is 0. The van der Waals surface area contributed by atoms with E-state index in [1.165, 1.54) is 33.3 Å². The lowest BCUT2D eigenvalue weighted by Gasteiger charge is -2.36. The molecule has 0 radical (unpaired) electrons. The van der Waals surface area contributed by atoms with Gasteiger partial charge in [0.1, 0.15) is 0 Å². The van der Waals surface area contributed by atoms with Crippen molar-refractivity contribution in [2.24, 2.45) is 0 Å². The summed E-state index contributed by atoms with van der Waals surface area (Å²) in [6.45, 7) is 10.8. The molecule has 1 aromatic heterocycles. The minimum atomic E-state index is -0.0197. The molecule has 1 N–H and O–H groups in total. The van der Waals surface area contributed by atoms with Crippen LogP contribution < -0.4 is 10.6 Å². The number of benzene rings is 2. The van der Waals surface area contributed by atoms with E-state index in [2.05, 4.69) is 132 Å². The van der Waals surface area contributed by atoms with E-state index in [0.29, 0.717) is 0 Å². The topological polar surface area (TPSA) is 29.9 Å². The maximum atomic E-state index is 4.81. The highest BCUT2D eigenvalue weighted by molar-refractivity contribution is 7.27. The minimum Gasteiger partial charge on any atom is -0.304 e. The fourth-order valence-corrected chi connectivity index (χ4v) is 5.47. The molecule has 198 valence electrons. The normalized spacial score (nSPS) is 20.6. The number of rotatable bonds is 9. The van der Waals surface area contributed by atoms with Crippen LogP contribution in [0.2, 0.25) is 0 Å². The lowest BCUT2D eigenvalue weighted by Crippen LogP contribution is -2.50. The zero-order valence-corrected chi connectivity index (χ0v) is 24.3. The predicted octanol–water partition coefficient (Wildman–Crippen LogP) is 7.54. The van der Waals surface area contributed by atoms with E-state index in [-0.39, 0.29) is 11.6 Å². The zero-order valence-electron chi connectivity index (χ0n) is 23.2. The van der Waals surface area contributed by atoms with E-state index in [0.717, 1.165) is 44.2 Å². The van der Waals surface area contributed by atoms with Gasteiger partial charge in [-0.25, -0.2) is 4.68 Å². The molecule has 3 unspecified atom stereocenters. The number of nitrogens with one attached hydrogen (secondary N) is 1. The van der Waals surface area contributed by atoms with Gasteiger partial charge in [0.15, 0.2) is 0 Å². The minimum absolute atomic E-state index is 0.0197. The Labute approximate surface area is 231 Å². The van der Waals surface area contributed by atoms with Gasteiger partial charge in [-0.05, 0) is 92.6 Å². The van der Waals surface area contributed by atoms with E-state index in [4.69, 9.17) is 5.10 Å². The van der Waals surface area contributed by atoms with E-state index < -0.39 is 0 Å². The molecule has 0 aliphatic heterocycles. The van der Waals surface area contributed by atoms with Crippen LogP contribution in [-0.4, -0.2) is 21.4 Å². The Morgan fingerprint density at radius 1 is 1.13 bits per heavy atom. The SMILES string of the molecule is C=C/C=C\C(=C/CC)C(Cc1ccccc1)NC1(C)CC/C(C)=C/c2c(cnn2-c2ccc(P)cc2)CC1. The van der Waals surface area contributed by atoms with Crippen molar-refractivity contribution in [1.82, 2.24) is 15.1 Å². The molecule has 1 aliphatic carbocycles. The Morgan fingerprint density at radius 3 is 2.58 bits per heavy atom. The van der Waals surface area contributed by atoms with Crippen LogP contribution in [0, 0.1) is 0 Å². The molecule has 0 saturated carbocycles. The van der Waals surface area contributed by atoms with Crippen LogP contribution in [0.1, 0.15) is 63.3 Å². The first-order chi connectivity index (χ1) is 18.4. The quantitative estimate of drug-likeness (QED) is 0.232. The van der Waals surface area contributed by atoms with Crippen molar-refractivity contribution in [2.75, 3.05) is 0 Å². The molecule has 0 amide bonds. The van der Waals surface area contributed by atoms with Crippen LogP contribution in [0.5, 0.6) is 0 Å². The number of hydrogen-bond donors (Lipinski definition) is 1. The van der Waals surface area contributed by atoms with Gasteiger partial charge in [-0.1, -0.05) is 85.8 Å². The van der Waals surface area contributed by atoms with E-state index >= 15 is 0 Å². The molecule has 2 aromatic carbocycles. The third-order valence-electron chi connectivity index (χ3n) is 7.50. The molecule has 3 atom stereocenters. The summed E-state index contributed by atoms with van der Waals surface area (Å²) in [6, 6.07) is 19.6. The molecule has 1 heterocycles. The second kappa shape index (κ2) is 13.2. The first-order valence-corrected chi connectivity index (χ1v) is 14.4. The van der Waals surface area contributed by atoms with Crippen LogP contribution in [0.4, 0.5) is 0 Å². The Bertz CT molecular complexity index is 1300. The van der Waals surface area contributed by atoms with Crippen molar-refractivity contribution in [3.63, 3.8) is 0 Å². The summed E-state index contributed by atoms with van der Waals surface area (Å²) in [6.07, 6.45) is 19.0. The van der Waals surface area contributed by atoms with Crippen molar-refractivity contribution in [3.8, 4) is 5.69 Å². The van der Waals surface area contributed by atoms with Crippen LogP contribution in [0.15, 0.2) is 103 Å². The summed E-state index contributed by atoms with van der Waals surface area (Å²) in [5, 5.41) is 10.1. The highest BCUT2D eigenvalue weighted by Gasteiger charge is 2.30. The third-order valence-corrected chi connectivity index (χ3v) is 7.88. The van der Waals surface area contributed by atoms with Crippen LogP contribution >= 0.6 is 9.24 Å². The second-order valence-electron chi connectivity index (χ2n) is 10.7. The second-order valence-corrected chi connectivity index (χ2v) is 11.4. The van der Waals surface area contributed by atoms with E-state index in [9.17, 15) is 0 Å². The number of nitrogens with zero attached hydrogens (tertiary/aromatic N) is 2. The maximum absolute atomic E-state index is 4.81. The molecule has 38 heavy (non-hydrogen) atoms. The number of fused-ring (bicyclic) bond motifs is 1. The number of aromatic nitrogens is 2. The van der Waals surface area contributed by atoms with Gasteiger partial charge in [0, 0.05) is 11.6 Å². The molecule has 0 bridgehead atoms. The molecule has 4 heteroatoms. The van der Waals surface area contributed by atoms with Gasteiger partial charge < -0.3 is 5.32 Å².